The quantitative estimate of drug-likeness (QED) is 0.944. The number of primary amides is 1. The van der Waals surface area contributed by atoms with Gasteiger partial charge in [0.05, 0.1) is 10.6 Å². The fraction of sp³-hybridized carbons (Fsp3) is 0.143. The lowest BCUT2D eigenvalue weighted by Crippen LogP contribution is -2.23. The minimum Gasteiger partial charge on any atom is -0.365 e. The fourth-order valence-electron chi connectivity index (χ4n) is 1.90. The van der Waals surface area contributed by atoms with Crippen molar-refractivity contribution in [2.75, 3.05) is 11.9 Å². The van der Waals surface area contributed by atoms with Crippen molar-refractivity contribution in [3.05, 3.63) is 57.7 Å². The SMILES string of the molecule is CN(Cc1cccc(Cl)c1)c1ncc(Cl)cc1C(N)=O. The first-order chi connectivity index (χ1) is 9.47. The van der Waals surface area contributed by atoms with Gasteiger partial charge in [-0.1, -0.05) is 35.3 Å². The van der Waals surface area contributed by atoms with Gasteiger partial charge in [-0.2, -0.15) is 0 Å². The van der Waals surface area contributed by atoms with Crippen LogP contribution >= 0.6 is 23.2 Å². The second-order valence-electron chi connectivity index (χ2n) is 4.37. The topological polar surface area (TPSA) is 59.2 Å². The molecule has 0 unspecified atom stereocenters. The lowest BCUT2D eigenvalue weighted by atomic mass is 10.2. The smallest absolute Gasteiger partial charge is 0.252 e. The van der Waals surface area contributed by atoms with Gasteiger partial charge in [0, 0.05) is 24.8 Å². The predicted octanol–water partition coefficient (Wildman–Crippen LogP) is 3.12. The molecule has 1 aromatic heterocycles. The zero-order chi connectivity index (χ0) is 14.7. The van der Waals surface area contributed by atoms with Crippen LogP contribution < -0.4 is 10.6 Å². The molecule has 6 heteroatoms. The number of hydrogen-bond donors (Lipinski definition) is 1. The molecule has 0 fully saturated rings. The summed E-state index contributed by atoms with van der Waals surface area (Å²) in [4.78, 5) is 17.5. The van der Waals surface area contributed by atoms with Crippen molar-refractivity contribution in [2.45, 2.75) is 6.54 Å². The largest absolute Gasteiger partial charge is 0.365 e. The molecule has 1 heterocycles. The molecule has 0 aliphatic carbocycles. The number of nitrogens with two attached hydrogens (primary N) is 1. The minimum absolute atomic E-state index is 0.294. The van der Waals surface area contributed by atoms with E-state index in [2.05, 4.69) is 4.98 Å². The van der Waals surface area contributed by atoms with E-state index in [1.807, 2.05) is 30.1 Å². The maximum absolute atomic E-state index is 11.5. The predicted molar refractivity (Wildman–Crippen MR) is 81.3 cm³/mol. The van der Waals surface area contributed by atoms with Crippen LogP contribution in [0.4, 0.5) is 5.82 Å². The number of halogens is 2. The number of anilines is 1. The highest BCUT2D eigenvalue weighted by Gasteiger charge is 2.14. The van der Waals surface area contributed by atoms with Gasteiger partial charge in [-0.25, -0.2) is 4.98 Å². The molecule has 0 atom stereocenters. The third kappa shape index (κ3) is 3.40. The summed E-state index contributed by atoms with van der Waals surface area (Å²) in [5, 5.41) is 1.04. The van der Waals surface area contributed by atoms with Crippen LogP contribution in [0.25, 0.3) is 0 Å². The maximum atomic E-state index is 11.5. The van der Waals surface area contributed by atoms with Crippen LogP contribution in [0.3, 0.4) is 0 Å². The Morgan fingerprint density at radius 3 is 2.70 bits per heavy atom. The number of benzene rings is 1. The van der Waals surface area contributed by atoms with E-state index in [-0.39, 0.29) is 0 Å². The van der Waals surface area contributed by atoms with Crippen LogP contribution in [0.15, 0.2) is 36.5 Å². The maximum Gasteiger partial charge on any atom is 0.252 e. The van der Waals surface area contributed by atoms with E-state index >= 15 is 0 Å². The van der Waals surface area contributed by atoms with Gasteiger partial charge in [0.2, 0.25) is 0 Å². The summed E-state index contributed by atoms with van der Waals surface area (Å²) in [7, 11) is 1.82. The van der Waals surface area contributed by atoms with Crippen molar-refractivity contribution in [1.82, 2.24) is 4.98 Å². The van der Waals surface area contributed by atoms with Crippen LogP contribution in [0.1, 0.15) is 15.9 Å². The Bertz CT molecular complexity index is 646. The number of nitrogens with zero attached hydrogens (tertiary/aromatic N) is 2. The van der Waals surface area contributed by atoms with E-state index in [0.29, 0.717) is 28.0 Å². The van der Waals surface area contributed by atoms with Crippen molar-refractivity contribution in [3.63, 3.8) is 0 Å². The van der Waals surface area contributed by atoms with Gasteiger partial charge in [0.25, 0.3) is 5.91 Å². The first-order valence-electron chi connectivity index (χ1n) is 5.88. The molecule has 2 aromatic rings. The first kappa shape index (κ1) is 14.6. The van der Waals surface area contributed by atoms with Crippen molar-refractivity contribution in [1.29, 1.82) is 0 Å². The van der Waals surface area contributed by atoms with E-state index in [4.69, 9.17) is 28.9 Å². The number of hydrogen-bond acceptors (Lipinski definition) is 3. The van der Waals surface area contributed by atoms with E-state index in [1.165, 1.54) is 12.3 Å². The van der Waals surface area contributed by atoms with Crippen molar-refractivity contribution >= 4 is 34.9 Å². The average molecular weight is 310 g/mol. The van der Waals surface area contributed by atoms with Gasteiger partial charge in [-0.15, -0.1) is 0 Å². The van der Waals surface area contributed by atoms with Crippen LogP contribution in [0.5, 0.6) is 0 Å². The number of aromatic nitrogens is 1. The normalized spacial score (nSPS) is 10.3. The third-order valence-electron chi connectivity index (χ3n) is 2.77. The molecular weight excluding hydrogens is 297 g/mol. The van der Waals surface area contributed by atoms with Gasteiger partial charge in [-0.05, 0) is 23.8 Å². The molecule has 0 spiro atoms. The summed E-state index contributed by atoms with van der Waals surface area (Å²) in [6.45, 7) is 0.551. The van der Waals surface area contributed by atoms with Crippen molar-refractivity contribution < 1.29 is 4.79 Å². The van der Waals surface area contributed by atoms with Gasteiger partial charge < -0.3 is 10.6 Å². The standard InChI is InChI=1S/C14H13Cl2N3O/c1-19(8-9-3-2-4-10(15)5-9)14-12(13(17)20)6-11(16)7-18-14/h2-7H,8H2,1H3,(H2,17,20). The number of carbonyl (C=O) groups excluding carboxylic acids is 1. The summed E-state index contributed by atoms with van der Waals surface area (Å²) in [5.41, 5.74) is 6.65. The molecule has 0 saturated carbocycles. The molecule has 0 radical (unpaired) electrons. The Labute approximate surface area is 127 Å². The molecule has 4 nitrogen and oxygen atoms in total. The molecular formula is C14H13Cl2N3O. The lowest BCUT2D eigenvalue weighted by Gasteiger charge is -2.20. The van der Waals surface area contributed by atoms with Crippen LogP contribution in [-0.4, -0.2) is 17.9 Å². The Hall–Kier alpha value is -1.78. The van der Waals surface area contributed by atoms with Gasteiger partial charge in [0.15, 0.2) is 0 Å². The molecule has 0 saturated heterocycles. The molecule has 20 heavy (non-hydrogen) atoms. The molecule has 104 valence electrons. The third-order valence-corrected chi connectivity index (χ3v) is 3.21. The summed E-state index contributed by atoms with van der Waals surface area (Å²) in [6.07, 6.45) is 1.48. The van der Waals surface area contributed by atoms with E-state index in [1.54, 1.807) is 6.07 Å². The van der Waals surface area contributed by atoms with Crippen LogP contribution in [-0.2, 0) is 6.54 Å². The second-order valence-corrected chi connectivity index (χ2v) is 5.25. The highest BCUT2D eigenvalue weighted by molar-refractivity contribution is 6.31. The molecule has 0 aliphatic rings. The highest BCUT2D eigenvalue weighted by Crippen LogP contribution is 2.22. The van der Waals surface area contributed by atoms with Crippen LogP contribution in [0, 0.1) is 0 Å². The van der Waals surface area contributed by atoms with E-state index in [0.717, 1.165) is 5.56 Å². The summed E-state index contributed by atoms with van der Waals surface area (Å²) < 4.78 is 0. The molecule has 0 aliphatic heterocycles. The number of carbonyl (C=O) groups is 1. The van der Waals surface area contributed by atoms with Gasteiger partial charge >= 0.3 is 0 Å². The van der Waals surface area contributed by atoms with Gasteiger partial charge in [-0.3, -0.25) is 4.79 Å². The zero-order valence-corrected chi connectivity index (χ0v) is 12.3. The minimum atomic E-state index is -0.562. The Morgan fingerprint density at radius 2 is 2.05 bits per heavy atom. The monoisotopic (exact) mass is 309 g/mol. The Balaban J connectivity index is 2.29. The first-order valence-corrected chi connectivity index (χ1v) is 6.64. The highest BCUT2D eigenvalue weighted by atomic mass is 35.5. The summed E-state index contributed by atoms with van der Waals surface area (Å²) in [6, 6.07) is 9.00. The Morgan fingerprint density at radius 1 is 1.30 bits per heavy atom. The second kappa shape index (κ2) is 6.11. The van der Waals surface area contributed by atoms with E-state index < -0.39 is 5.91 Å². The summed E-state index contributed by atoms with van der Waals surface area (Å²) >= 11 is 11.8. The van der Waals surface area contributed by atoms with Crippen molar-refractivity contribution in [3.8, 4) is 0 Å². The van der Waals surface area contributed by atoms with Crippen LogP contribution in [0.2, 0.25) is 10.0 Å². The molecule has 2 rings (SSSR count). The fourth-order valence-corrected chi connectivity index (χ4v) is 2.27. The number of pyridine rings is 1. The average Bonchev–Trinajstić information content (AvgIpc) is 2.38. The number of rotatable bonds is 4. The molecule has 0 bridgehead atoms. The number of amides is 1. The molecule has 2 N–H and O–H groups in total. The summed E-state index contributed by atoms with van der Waals surface area (Å²) in [5.74, 6) is -0.0742. The Kier molecular flexibility index (Phi) is 4.47. The van der Waals surface area contributed by atoms with Gasteiger partial charge in [0.1, 0.15) is 5.82 Å². The zero-order valence-electron chi connectivity index (χ0n) is 10.8. The van der Waals surface area contributed by atoms with Crippen molar-refractivity contribution in [2.24, 2.45) is 5.73 Å². The molecule has 1 aromatic carbocycles. The molecule has 1 amide bonds. The van der Waals surface area contributed by atoms with E-state index in [9.17, 15) is 4.79 Å². The lowest BCUT2D eigenvalue weighted by molar-refractivity contribution is 0.100.